The minimum Gasteiger partial charge on any atom is -0.480 e. The molecule has 1 saturated heterocycles. The SMILES string of the molecule is C[C@@H](NC(=O)N1C(=O)[C@H](Cc2ccnc(N)c2)[C@H]1C(=O)O)c1ccc(OC(F)(F)F)cc1. The topological polar surface area (TPSA) is 135 Å². The highest BCUT2D eigenvalue weighted by Gasteiger charge is 2.54. The largest absolute Gasteiger partial charge is 0.573 e. The molecule has 2 heterocycles. The van der Waals surface area contributed by atoms with Crippen LogP contribution in [0.25, 0.3) is 0 Å². The van der Waals surface area contributed by atoms with E-state index in [0.29, 0.717) is 16.0 Å². The lowest BCUT2D eigenvalue weighted by Gasteiger charge is -2.43. The van der Waals surface area contributed by atoms with Crippen molar-refractivity contribution in [1.29, 1.82) is 0 Å². The quantitative estimate of drug-likeness (QED) is 0.573. The van der Waals surface area contributed by atoms with Gasteiger partial charge in [0.1, 0.15) is 11.6 Å². The van der Waals surface area contributed by atoms with Gasteiger partial charge in [0.15, 0.2) is 6.04 Å². The molecule has 3 amide bonds. The third kappa shape index (κ3) is 5.07. The Hall–Kier alpha value is -3.83. The number of aromatic nitrogens is 1. The molecule has 0 radical (unpaired) electrons. The van der Waals surface area contributed by atoms with Gasteiger partial charge in [0.2, 0.25) is 5.91 Å². The number of hydrogen-bond acceptors (Lipinski definition) is 6. The van der Waals surface area contributed by atoms with Crippen LogP contribution in [0.1, 0.15) is 24.1 Å². The van der Waals surface area contributed by atoms with Crippen LogP contribution in [0.15, 0.2) is 42.6 Å². The number of halogens is 3. The Bertz CT molecular complexity index is 1030. The number of urea groups is 1. The molecule has 1 aliphatic rings. The van der Waals surface area contributed by atoms with Crippen molar-refractivity contribution in [2.75, 3.05) is 5.73 Å². The van der Waals surface area contributed by atoms with E-state index in [1.165, 1.54) is 31.3 Å². The van der Waals surface area contributed by atoms with Crippen LogP contribution in [0.3, 0.4) is 0 Å². The first-order valence-electron chi connectivity index (χ1n) is 9.38. The number of β-lactam (4-membered cyclic amide) rings is 1. The van der Waals surface area contributed by atoms with E-state index in [9.17, 15) is 32.7 Å². The molecule has 0 unspecified atom stereocenters. The minimum absolute atomic E-state index is 0.0719. The molecular weight excluding hydrogens is 433 g/mol. The van der Waals surface area contributed by atoms with Gasteiger partial charge in [-0.1, -0.05) is 12.1 Å². The summed E-state index contributed by atoms with van der Waals surface area (Å²) in [5.41, 5.74) is 6.63. The normalized spacial score (nSPS) is 19.1. The predicted octanol–water partition coefficient (Wildman–Crippen LogP) is 2.49. The van der Waals surface area contributed by atoms with E-state index in [1.807, 2.05) is 0 Å². The van der Waals surface area contributed by atoms with Crippen molar-refractivity contribution in [2.45, 2.75) is 31.8 Å². The van der Waals surface area contributed by atoms with Crippen LogP contribution in [0.5, 0.6) is 5.75 Å². The van der Waals surface area contributed by atoms with Gasteiger partial charge in [0.25, 0.3) is 0 Å². The first-order chi connectivity index (χ1) is 15.0. The molecule has 32 heavy (non-hydrogen) atoms. The number of aliphatic carboxylic acids is 1. The van der Waals surface area contributed by atoms with Crippen molar-refractivity contribution < 1.29 is 37.4 Å². The lowest BCUT2D eigenvalue weighted by Crippen LogP contribution is -2.68. The number of carbonyl (C=O) groups is 3. The summed E-state index contributed by atoms with van der Waals surface area (Å²) in [6.07, 6.45) is -3.33. The molecular formula is C20H19F3N4O5. The van der Waals surface area contributed by atoms with Crippen LogP contribution < -0.4 is 15.8 Å². The highest BCUT2D eigenvalue weighted by atomic mass is 19.4. The average molecular weight is 452 g/mol. The van der Waals surface area contributed by atoms with Gasteiger partial charge in [-0.15, -0.1) is 13.2 Å². The number of rotatable bonds is 6. The smallest absolute Gasteiger partial charge is 0.480 e. The Labute approximate surface area is 180 Å². The highest BCUT2D eigenvalue weighted by molar-refractivity contribution is 6.07. The lowest BCUT2D eigenvalue weighted by atomic mass is 9.82. The molecule has 0 saturated carbocycles. The number of nitrogens with one attached hydrogen (secondary N) is 1. The summed E-state index contributed by atoms with van der Waals surface area (Å²) < 4.78 is 40.6. The van der Waals surface area contributed by atoms with E-state index in [4.69, 9.17) is 5.73 Å². The molecule has 4 N–H and O–H groups in total. The summed E-state index contributed by atoms with van der Waals surface area (Å²) in [7, 11) is 0. The molecule has 9 nitrogen and oxygen atoms in total. The lowest BCUT2D eigenvalue weighted by molar-refractivity contribution is -0.274. The van der Waals surface area contributed by atoms with Crippen molar-refractivity contribution in [3.63, 3.8) is 0 Å². The maximum Gasteiger partial charge on any atom is 0.573 e. The fourth-order valence-corrected chi connectivity index (χ4v) is 3.43. The number of carboxylic acids is 1. The number of carbonyl (C=O) groups excluding carboxylic acids is 2. The number of carboxylic acid groups (broad SMARTS) is 1. The number of imide groups is 1. The van der Waals surface area contributed by atoms with Crippen molar-refractivity contribution in [3.05, 3.63) is 53.7 Å². The molecule has 1 aromatic carbocycles. The fourth-order valence-electron chi connectivity index (χ4n) is 3.43. The number of benzene rings is 1. The molecule has 1 aliphatic heterocycles. The Morgan fingerprint density at radius 1 is 1.28 bits per heavy atom. The van der Waals surface area contributed by atoms with Gasteiger partial charge < -0.3 is 20.9 Å². The number of nitrogen functional groups attached to an aromatic ring is 1. The van der Waals surface area contributed by atoms with Crippen LogP contribution in [-0.2, 0) is 16.0 Å². The molecule has 1 fully saturated rings. The highest BCUT2D eigenvalue weighted by Crippen LogP contribution is 2.31. The number of hydrogen-bond donors (Lipinski definition) is 3. The first-order valence-corrected chi connectivity index (χ1v) is 9.38. The summed E-state index contributed by atoms with van der Waals surface area (Å²) in [6.45, 7) is 1.54. The number of anilines is 1. The zero-order valence-electron chi connectivity index (χ0n) is 16.7. The van der Waals surface area contributed by atoms with Crippen LogP contribution in [0, 0.1) is 5.92 Å². The van der Waals surface area contributed by atoms with Crippen molar-refractivity contribution in [3.8, 4) is 5.75 Å². The summed E-state index contributed by atoms with van der Waals surface area (Å²) >= 11 is 0. The maximum absolute atomic E-state index is 12.6. The second-order valence-corrected chi connectivity index (χ2v) is 7.18. The van der Waals surface area contributed by atoms with Gasteiger partial charge in [-0.25, -0.2) is 19.5 Å². The van der Waals surface area contributed by atoms with E-state index >= 15 is 0 Å². The molecule has 2 aromatic rings. The zero-order valence-corrected chi connectivity index (χ0v) is 16.7. The van der Waals surface area contributed by atoms with Crippen LogP contribution in [0.2, 0.25) is 0 Å². The summed E-state index contributed by atoms with van der Waals surface area (Å²) in [5, 5.41) is 12.0. The van der Waals surface area contributed by atoms with E-state index in [1.54, 1.807) is 6.07 Å². The van der Waals surface area contributed by atoms with Crippen LogP contribution in [0.4, 0.5) is 23.8 Å². The summed E-state index contributed by atoms with van der Waals surface area (Å²) in [5.74, 6) is -3.16. The van der Waals surface area contributed by atoms with Crippen LogP contribution >= 0.6 is 0 Å². The van der Waals surface area contributed by atoms with Gasteiger partial charge >= 0.3 is 18.4 Å². The third-order valence-electron chi connectivity index (χ3n) is 4.94. The third-order valence-corrected chi connectivity index (χ3v) is 4.94. The second kappa shape index (κ2) is 8.73. The van der Waals surface area contributed by atoms with Crippen molar-refractivity contribution >= 4 is 23.7 Å². The molecule has 0 spiro atoms. The van der Waals surface area contributed by atoms with E-state index in [2.05, 4.69) is 15.0 Å². The monoisotopic (exact) mass is 452 g/mol. The molecule has 1 aromatic heterocycles. The standard InChI is InChI=1S/C20H19F3N4O5/c1-10(12-2-4-13(5-3-12)32-20(21,22)23)26-19(31)27-16(18(29)30)14(17(27)28)8-11-6-7-25-15(24)9-11/h2-7,9-10,14,16H,8H2,1H3,(H2,24,25)(H,26,31)(H,29,30)/t10-,14-,16+/m1/s1. The molecule has 3 rings (SSSR count). The Balaban J connectivity index is 1.66. The van der Waals surface area contributed by atoms with Gasteiger partial charge in [0.05, 0.1) is 12.0 Å². The second-order valence-electron chi connectivity index (χ2n) is 7.18. The van der Waals surface area contributed by atoms with Gasteiger partial charge in [0, 0.05) is 6.20 Å². The number of likely N-dealkylation sites (tertiary alicyclic amines) is 1. The van der Waals surface area contributed by atoms with E-state index in [-0.39, 0.29) is 12.2 Å². The molecule has 3 atom stereocenters. The number of nitrogens with zero attached hydrogens (tertiary/aromatic N) is 2. The fraction of sp³-hybridized carbons (Fsp3) is 0.300. The van der Waals surface area contributed by atoms with Gasteiger partial charge in [-0.2, -0.15) is 0 Å². The number of pyridine rings is 1. The van der Waals surface area contributed by atoms with E-state index < -0.39 is 48.0 Å². The Kier molecular flexibility index (Phi) is 6.23. The predicted molar refractivity (Wildman–Crippen MR) is 104 cm³/mol. The molecule has 0 aliphatic carbocycles. The maximum atomic E-state index is 12.6. The van der Waals surface area contributed by atoms with Gasteiger partial charge in [-0.3, -0.25) is 4.79 Å². The minimum atomic E-state index is -4.83. The van der Waals surface area contributed by atoms with Crippen molar-refractivity contribution in [1.82, 2.24) is 15.2 Å². The first kappa shape index (κ1) is 22.8. The Morgan fingerprint density at radius 2 is 1.94 bits per heavy atom. The number of amides is 3. The average Bonchev–Trinajstić information content (AvgIpc) is 2.68. The van der Waals surface area contributed by atoms with Gasteiger partial charge in [-0.05, 0) is 48.7 Å². The molecule has 0 bridgehead atoms. The summed E-state index contributed by atoms with van der Waals surface area (Å²) in [4.78, 5) is 41.3. The molecule has 12 heteroatoms. The van der Waals surface area contributed by atoms with Crippen molar-refractivity contribution in [2.24, 2.45) is 5.92 Å². The summed E-state index contributed by atoms with van der Waals surface area (Å²) in [6, 6.07) is 4.90. The number of alkyl halides is 3. The number of nitrogens with two attached hydrogens (primary N) is 1. The zero-order chi connectivity index (χ0) is 23.6. The van der Waals surface area contributed by atoms with Crippen LogP contribution in [-0.4, -0.2) is 45.3 Å². The van der Waals surface area contributed by atoms with E-state index in [0.717, 1.165) is 12.1 Å². The molecule has 170 valence electrons. The Morgan fingerprint density at radius 3 is 2.50 bits per heavy atom. The number of ether oxygens (including phenoxy) is 1.